The molecular formula is C19H22ClN3OS. The third-order valence-electron chi connectivity index (χ3n) is 5.09. The van der Waals surface area contributed by atoms with Crippen LogP contribution < -0.4 is 5.32 Å². The molecule has 1 amide bonds. The van der Waals surface area contributed by atoms with Gasteiger partial charge >= 0.3 is 0 Å². The number of rotatable bonds is 3. The molecule has 1 fully saturated rings. The van der Waals surface area contributed by atoms with Crippen molar-refractivity contribution >= 4 is 28.8 Å². The molecule has 25 heavy (non-hydrogen) atoms. The van der Waals surface area contributed by atoms with Crippen LogP contribution in [-0.4, -0.2) is 48.4 Å². The molecule has 1 saturated heterocycles. The Morgan fingerprint density at radius 2 is 2.24 bits per heavy atom. The fourth-order valence-electron chi connectivity index (χ4n) is 3.71. The second kappa shape index (κ2) is 7.46. The van der Waals surface area contributed by atoms with E-state index in [1.807, 2.05) is 23.1 Å². The van der Waals surface area contributed by atoms with Gasteiger partial charge in [-0.3, -0.25) is 9.69 Å². The van der Waals surface area contributed by atoms with Crippen LogP contribution in [0.2, 0.25) is 5.02 Å². The lowest BCUT2D eigenvalue weighted by atomic mass is 10.0. The molecule has 4 rings (SSSR count). The Hall–Kier alpha value is -1.40. The highest BCUT2D eigenvalue weighted by molar-refractivity contribution is 7.10. The summed E-state index contributed by atoms with van der Waals surface area (Å²) >= 11 is 7.97. The van der Waals surface area contributed by atoms with Gasteiger partial charge in [0.1, 0.15) is 0 Å². The quantitative estimate of drug-likeness (QED) is 0.895. The number of hydrogen-bond donors (Lipinski definition) is 1. The van der Waals surface area contributed by atoms with Crippen LogP contribution in [-0.2, 0) is 17.8 Å². The smallest absolute Gasteiger partial charge is 0.237 e. The molecule has 6 heteroatoms. The number of nitrogens with one attached hydrogen (secondary N) is 1. The number of hydrogen-bond acceptors (Lipinski definition) is 4. The third-order valence-corrected chi connectivity index (χ3v) is 6.34. The van der Waals surface area contributed by atoms with Gasteiger partial charge in [-0.25, -0.2) is 0 Å². The Bertz CT molecular complexity index is 763. The van der Waals surface area contributed by atoms with E-state index in [-0.39, 0.29) is 11.9 Å². The minimum absolute atomic E-state index is 0.192. The highest BCUT2D eigenvalue weighted by atomic mass is 35.5. The Morgan fingerprint density at radius 3 is 3.12 bits per heavy atom. The lowest BCUT2D eigenvalue weighted by Crippen LogP contribution is -2.50. The SMILES string of the molecule is O=C(CN1CCNCC1c1cccc(Cl)c1)N1CCc2sccc2C1. The van der Waals surface area contributed by atoms with E-state index in [1.54, 1.807) is 11.3 Å². The van der Waals surface area contributed by atoms with Gasteiger partial charge in [0, 0.05) is 48.7 Å². The summed E-state index contributed by atoms with van der Waals surface area (Å²) in [6, 6.07) is 10.3. The largest absolute Gasteiger partial charge is 0.337 e. The summed E-state index contributed by atoms with van der Waals surface area (Å²) in [4.78, 5) is 18.6. The first-order valence-corrected chi connectivity index (χ1v) is 10.00. The van der Waals surface area contributed by atoms with E-state index in [9.17, 15) is 4.79 Å². The van der Waals surface area contributed by atoms with Gasteiger partial charge in [0.05, 0.1) is 6.54 Å². The fourth-order valence-corrected chi connectivity index (χ4v) is 4.80. The highest BCUT2D eigenvalue weighted by Crippen LogP contribution is 2.26. The molecule has 1 aromatic heterocycles. The number of halogens is 1. The number of fused-ring (bicyclic) bond motifs is 1. The Morgan fingerprint density at radius 1 is 1.32 bits per heavy atom. The molecule has 2 aliphatic heterocycles. The number of piperazine rings is 1. The number of carbonyl (C=O) groups excluding carboxylic acids is 1. The topological polar surface area (TPSA) is 35.6 Å². The zero-order valence-electron chi connectivity index (χ0n) is 14.1. The summed E-state index contributed by atoms with van der Waals surface area (Å²) in [6.45, 7) is 4.70. The molecule has 1 N–H and O–H groups in total. The van der Waals surface area contributed by atoms with Crippen molar-refractivity contribution in [3.63, 3.8) is 0 Å². The molecule has 2 aromatic rings. The second-order valence-corrected chi connectivity index (χ2v) is 8.12. The molecule has 0 aliphatic carbocycles. The average Bonchev–Trinajstić information content (AvgIpc) is 3.10. The van der Waals surface area contributed by atoms with Crippen molar-refractivity contribution in [3.05, 3.63) is 56.7 Å². The van der Waals surface area contributed by atoms with E-state index in [0.717, 1.165) is 44.2 Å². The maximum Gasteiger partial charge on any atom is 0.237 e. The van der Waals surface area contributed by atoms with Gasteiger partial charge in [-0.05, 0) is 41.1 Å². The fraction of sp³-hybridized carbons (Fsp3) is 0.421. The molecule has 1 unspecified atom stereocenters. The molecule has 0 bridgehead atoms. The molecule has 132 valence electrons. The van der Waals surface area contributed by atoms with Gasteiger partial charge < -0.3 is 10.2 Å². The third kappa shape index (κ3) is 3.75. The lowest BCUT2D eigenvalue weighted by molar-refractivity contribution is -0.134. The first-order valence-electron chi connectivity index (χ1n) is 8.74. The van der Waals surface area contributed by atoms with E-state index in [2.05, 4.69) is 27.7 Å². The summed E-state index contributed by atoms with van der Waals surface area (Å²) < 4.78 is 0. The van der Waals surface area contributed by atoms with Crippen LogP contribution in [0.25, 0.3) is 0 Å². The number of benzene rings is 1. The number of thiophene rings is 1. The lowest BCUT2D eigenvalue weighted by Gasteiger charge is -2.37. The molecule has 2 aliphatic rings. The van der Waals surface area contributed by atoms with Gasteiger partial charge in [-0.15, -0.1) is 11.3 Å². The minimum atomic E-state index is 0.192. The number of amides is 1. The zero-order chi connectivity index (χ0) is 17.2. The van der Waals surface area contributed by atoms with Crippen LogP contribution in [0.3, 0.4) is 0 Å². The van der Waals surface area contributed by atoms with Crippen molar-refractivity contribution in [2.45, 2.75) is 19.0 Å². The van der Waals surface area contributed by atoms with Crippen molar-refractivity contribution in [3.8, 4) is 0 Å². The summed E-state index contributed by atoms with van der Waals surface area (Å²) in [5.41, 5.74) is 2.49. The second-order valence-electron chi connectivity index (χ2n) is 6.68. The average molecular weight is 376 g/mol. The highest BCUT2D eigenvalue weighted by Gasteiger charge is 2.28. The van der Waals surface area contributed by atoms with Gasteiger partial charge in [-0.2, -0.15) is 0 Å². The van der Waals surface area contributed by atoms with E-state index >= 15 is 0 Å². The molecule has 0 radical (unpaired) electrons. The minimum Gasteiger partial charge on any atom is -0.337 e. The van der Waals surface area contributed by atoms with Crippen molar-refractivity contribution < 1.29 is 4.79 Å². The normalized spacial score (nSPS) is 21.2. The van der Waals surface area contributed by atoms with Crippen molar-refractivity contribution in [2.75, 3.05) is 32.7 Å². The summed E-state index contributed by atoms with van der Waals surface area (Å²) in [5, 5.41) is 6.31. The summed E-state index contributed by atoms with van der Waals surface area (Å²) in [6.07, 6.45) is 0.984. The molecular weight excluding hydrogens is 354 g/mol. The Balaban J connectivity index is 1.45. The van der Waals surface area contributed by atoms with E-state index < -0.39 is 0 Å². The maximum absolute atomic E-state index is 12.9. The van der Waals surface area contributed by atoms with Crippen LogP contribution in [0.4, 0.5) is 0 Å². The standard InChI is InChI=1S/C19H22ClN3OS/c20-16-3-1-2-14(10-16)17-11-21-6-8-22(17)13-19(24)23-7-4-18-15(12-23)5-9-25-18/h1-3,5,9-10,17,21H,4,6-8,11-13H2. The maximum atomic E-state index is 12.9. The van der Waals surface area contributed by atoms with Crippen molar-refractivity contribution in [1.82, 2.24) is 15.1 Å². The van der Waals surface area contributed by atoms with Crippen LogP contribution in [0, 0.1) is 0 Å². The van der Waals surface area contributed by atoms with Crippen molar-refractivity contribution in [2.24, 2.45) is 0 Å². The van der Waals surface area contributed by atoms with Gasteiger partial charge in [0.25, 0.3) is 0 Å². The Kier molecular flexibility index (Phi) is 5.08. The van der Waals surface area contributed by atoms with E-state index in [0.29, 0.717) is 6.54 Å². The van der Waals surface area contributed by atoms with Crippen LogP contribution in [0.15, 0.2) is 35.7 Å². The van der Waals surface area contributed by atoms with Crippen molar-refractivity contribution in [1.29, 1.82) is 0 Å². The predicted molar refractivity (Wildman–Crippen MR) is 102 cm³/mol. The zero-order valence-corrected chi connectivity index (χ0v) is 15.7. The first kappa shape index (κ1) is 17.0. The first-order chi connectivity index (χ1) is 12.2. The Labute approximate surface area is 157 Å². The summed E-state index contributed by atoms with van der Waals surface area (Å²) in [7, 11) is 0. The van der Waals surface area contributed by atoms with Gasteiger partial charge in [0.2, 0.25) is 5.91 Å². The monoisotopic (exact) mass is 375 g/mol. The van der Waals surface area contributed by atoms with Gasteiger partial charge in [-0.1, -0.05) is 23.7 Å². The van der Waals surface area contributed by atoms with E-state index in [1.165, 1.54) is 16.0 Å². The van der Waals surface area contributed by atoms with Crippen LogP contribution >= 0.6 is 22.9 Å². The van der Waals surface area contributed by atoms with Crippen LogP contribution in [0.5, 0.6) is 0 Å². The van der Waals surface area contributed by atoms with Crippen LogP contribution in [0.1, 0.15) is 22.0 Å². The molecule has 0 spiro atoms. The molecule has 0 saturated carbocycles. The molecule has 1 aromatic carbocycles. The molecule has 3 heterocycles. The number of nitrogens with zero attached hydrogens (tertiary/aromatic N) is 2. The molecule has 4 nitrogen and oxygen atoms in total. The predicted octanol–water partition coefficient (Wildman–Crippen LogP) is 2.93. The van der Waals surface area contributed by atoms with E-state index in [4.69, 9.17) is 11.6 Å². The molecule has 1 atom stereocenters. The summed E-state index contributed by atoms with van der Waals surface area (Å²) in [5.74, 6) is 0.228. The number of carbonyl (C=O) groups is 1. The van der Waals surface area contributed by atoms with Gasteiger partial charge in [0.15, 0.2) is 0 Å².